The molecule has 0 amide bonds. The Labute approximate surface area is 240 Å². The smallest absolute Gasteiger partial charge is 0.335 e. The Hall–Kier alpha value is -2.92. The largest absolute Gasteiger partial charge is 0.478 e. The average molecular weight is 545 g/mol. The average Bonchev–Trinajstić information content (AvgIpc) is 3.22. The fraction of sp³-hybridized carbons (Fsp3) is 0.543. The Bertz CT molecular complexity index is 1350. The second kappa shape index (κ2) is 12.7. The van der Waals surface area contributed by atoms with E-state index in [9.17, 15) is 14.7 Å². The first kappa shape index (κ1) is 30.0. The van der Waals surface area contributed by atoms with Gasteiger partial charge in [-0.1, -0.05) is 77.3 Å². The highest BCUT2D eigenvalue weighted by Gasteiger charge is 2.39. The highest BCUT2D eigenvalue weighted by atomic mass is 16.4. The van der Waals surface area contributed by atoms with Gasteiger partial charge in [0.2, 0.25) is 0 Å². The number of rotatable bonds is 8. The van der Waals surface area contributed by atoms with Crippen LogP contribution in [0.2, 0.25) is 0 Å². The summed E-state index contributed by atoms with van der Waals surface area (Å²) in [5, 5.41) is 11.1. The number of likely N-dealkylation sites (N-methyl/N-ethyl adjacent to an activating group) is 1. The van der Waals surface area contributed by atoms with Crippen LogP contribution in [0.4, 0.5) is 0 Å². The molecule has 2 atom stereocenters. The van der Waals surface area contributed by atoms with Crippen molar-refractivity contribution in [3.63, 3.8) is 0 Å². The van der Waals surface area contributed by atoms with E-state index in [0.29, 0.717) is 30.4 Å². The van der Waals surface area contributed by atoms with Crippen molar-refractivity contribution in [2.75, 3.05) is 20.6 Å². The monoisotopic (exact) mass is 544 g/mol. The van der Waals surface area contributed by atoms with Crippen LogP contribution in [0.25, 0.3) is 22.2 Å². The first-order chi connectivity index (χ1) is 19.2. The zero-order valence-electron chi connectivity index (χ0n) is 25.4. The maximum Gasteiger partial charge on any atom is 0.335 e. The van der Waals surface area contributed by atoms with Crippen molar-refractivity contribution in [1.82, 2.24) is 9.47 Å². The van der Waals surface area contributed by atoms with Gasteiger partial charge >= 0.3 is 5.97 Å². The molecular formula is C35H48N2O3. The number of benzene rings is 2. The molecule has 1 N–H and O–H groups in total. The van der Waals surface area contributed by atoms with Gasteiger partial charge < -0.3 is 14.6 Å². The van der Waals surface area contributed by atoms with Crippen molar-refractivity contribution in [2.24, 2.45) is 5.41 Å². The molecule has 2 heterocycles. The third-order valence-corrected chi connectivity index (χ3v) is 9.31. The van der Waals surface area contributed by atoms with Gasteiger partial charge in [0.05, 0.1) is 17.8 Å². The molecular weight excluding hydrogens is 496 g/mol. The van der Waals surface area contributed by atoms with Gasteiger partial charge in [-0.15, -0.1) is 0 Å². The topological polar surface area (TPSA) is 62.5 Å². The van der Waals surface area contributed by atoms with E-state index in [4.69, 9.17) is 0 Å². The summed E-state index contributed by atoms with van der Waals surface area (Å²) in [6.45, 7) is 10.0. The van der Waals surface area contributed by atoms with Crippen LogP contribution in [0.15, 0.2) is 42.5 Å². The normalized spacial score (nSPS) is 20.8. The number of ketones is 1. The summed E-state index contributed by atoms with van der Waals surface area (Å²) in [4.78, 5) is 26.4. The van der Waals surface area contributed by atoms with Gasteiger partial charge in [0, 0.05) is 29.4 Å². The van der Waals surface area contributed by atoms with Crippen molar-refractivity contribution < 1.29 is 14.7 Å². The zero-order valence-corrected chi connectivity index (χ0v) is 25.4. The van der Waals surface area contributed by atoms with Gasteiger partial charge in [0.15, 0.2) is 0 Å². The van der Waals surface area contributed by atoms with E-state index in [2.05, 4.69) is 48.7 Å². The van der Waals surface area contributed by atoms with Crippen LogP contribution in [0.3, 0.4) is 0 Å². The predicted molar refractivity (Wildman–Crippen MR) is 165 cm³/mol. The Morgan fingerprint density at radius 2 is 1.75 bits per heavy atom. The third kappa shape index (κ3) is 5.90. The minimum Gasteiger partial charge on any atom is -0.478 e. The van der Waals surface area contributed by atoms with Crippen molar-refractivity contribution in [1.29, 1.82) is 0 Å². The van der Waals surface area contributed by atoms with E-state index < -0.39 is 5.97 Å². The Morgan fingerprint density at radius 1 is 1.05 bits per heavy atom. The second-order valence-electron chi connectivity index (χ2n) is 12.3. The molecule has 5 rings (SSSR count). The molecule has 2 aliphatic rings. The van der Waals surface area contributed by atoms with E-state index in [0.717, 1.165) is 24.9 Å². The van der Waals surface area contributed by atoms with Crippen LogP contribution in [-0.2, 0) is 11.3 Å². The van der Waals surface area contributed by atoms with E-state index in [1.54, 1.807) is 6.07 Å². The number of carboxylic acid groups (broad SMARTS) is 1. The molecule has 5 nitrogen and oxygen atoms in total. The number of carbonyl (C=O) groups is 2. The lowest BCUT2D eigenvalue weighted by Crippen LogP contribution is -2.29. The molecule has 0 saturated heterocycles. The second-order valence-corrected chi connectivity index (χ2v) is 12.3. The maximum absolute atomic E-state index is 12.5. The molecule has 0 bridgehead atoms. The van der Waals surface area contributed by atoms with Gasteiger partial charge in [-0.25, -0.2) is 4.79 Å². The molecule has 1 saturated carbocycles. The minimum absolute atomic E-state index is 0.0746. The number of aromatic carboxylic acids is 1. The molecule has 216 valence electrons. The van der Waals surface area contributed by atoms with Crippen molar-refractivity contribution in [2.45, 2.75) is 97.4 Å². The van der Waals surface area contributed by atoms with Crippen molar-refractivity contribution >= 4 is 22.7 Å². The van der Waals surface area contributed by atoms with Crippen LogP contribution in [-0.4, -0.2) is 47.0 Å². The van der Waals surface area contributed by atoms with Gasteiger partial charge in [0.1, 0.15) is 5.78 Å². The fourth-order valence-electron chi connectivity index (χ4n) is 7.15. The van der Waals surface area contributed by atoms with Crippen molar-refractivity contribution in [3.05, 3.63) is 59.2 Å². The van der Waals surface area contributed by atoms with Crippen LogP contribution >= 0.6 is 0 Å². The lowest BCUT2D eigenvalue weighted by molar-refractivity contribution is -0.119. The first-order valence-electron chi connectivity index (χ1n) is 15.3. The quantitative estimate of drug-likeness (QED) is 0.309. The SMILES string of the molecule is CC.C[C@H]1c2ccccc2-c2c(C3CCCCC3)c3ccc(C(=O)O)cc3n2C[C@]1(C)CCCC(=O)CN(C)C. The highest BCUT2D eigenvalue weighted by Crippen LogP contribution is 2.52. The molecule has 2 aromatic carbocycles. The van der Waals surface area contributed by atoms with E-state index >= 15 is 0 Å². The minimum atomic E-state index is -0.883. The third-order valence-electron chi connectivity index (χ3n) is 9.31. The number of hydrogen-bond acceptors (Lipinski definition) is 3. The number of aromatic nitrogens is 1. The van der Waals surface area contributed by atoms with Crippen LogP contribution in [0.5, 0.6) is 0 Å². The van der Waals surface area contributed by atoms with Gasteiger partial charge in [-0.2, -0.15) is 0 Å². The Morgan fingerprint density at radius 3 is 2.42 bits per heavy atom. The zero-order chi connectivity index (χ0) is 29.0. The van der Waals surface area contributed by atoms with Crippen LogP contribution < -0.4 is 0 Å². The standard InChI is InChI=1S/C33H42N2O3.C2H6/c1-22-26-14-8-9-15-27(26)31-30(23-11-6-5-7-12-23)28-17-16-24(32(37)38)19-29(28)35(31)21-33(22,2)18-10-13-25(36)20-34(3)4;1-2/h8-9,14-17,19,22-23H,5-7,10-13,18,20-21H2,1-4H3,(H,37,38);1-2H3/t22-,33-;/m0./s1. The molecule has 5 heteroatoms. The van der Waals surface area contributed by atoms with E-state index in [-0.39, 0.29) is 11.2 Å². The summed E-state index contributed by atoms with van der Waals surface area (Å²) < 4.78 is 2.45. The summed E-state index contributed by atoms with van der Waals surface area (Å²) in [5.74, 6) is 0.207. The number of hydrogen-bond donors (Lipinski definition) is 1. The molecule has 3 aromatic rings. The summed E-state index contributed by atoms with van der Waals surface area (Å²) in [5.41, 5.74) is 6.68. The number of Topliss-reactive ketones (excluding diaryl/α,β-unsaturated/α-hetero) is 1. The molecule has 1 fully saturated rings. The fourth-order valence-corrected chi connectivity index (χ4v) is 7.15. The highest BCUT2D eigenvalue weighted by molar-refractivity contribution is 5.98. The van der Waals surface area contributed by atoms with E-state index in [1.165, 1.54) is 59.9 Å². The number of carboxylic acids is 1. The summed E-state index contributed by atoms with van der Waals surface area (Å²) in [6.07, 6.45) is 8.58. The number of fused-ring (bicyclic) bond motifs is 5. The molecule has 1 aliphatic heterocycles. The molecule has 0 spiro atoms. The molecule has 0 unspecified atom stereocenters. The van der Waals surface area contributed by atoms with Gasteiger partial charge in [-0.3, -0.25) is 4.79 Å². The van der Waals surface area contributed by atoms with Crippen LogP contribution in [0, 0.1) is 5.41 Å². The first-order valence-corrected chi connectivity index (χ1v) is 15.3. The summed E-state index contributed by atoms with van der Waals surface area (Å²) in [6, 6.07) is 14.6. The number of nitrogens with zero attached hydrogens (tertiary/aromatic N) is 2. The lowest BCUT2D eigenvalue weighted by atomic mass is 9.70. The van der Waals surface area contributed by atoms with Crippen molar-refractivity contribution in [3.8, 4) is 11.3 Å². The van der Waals surface area contributed by atoms with Gasteiger partial charge in [-0.05, 0) is 80.3 Å². The van der Waals surface area contributed by atoms with E-state index in [1.807, 2.05) is 38.9 Å². The molecule has 0 radical (unpaired) electrons. The Balaban J connectivity index is 0.00000181. The maximum atomic E-state index is 12.5. The summed E-state index contributed by atoms with van der Waals surface area (Å²) >= 11 is 0. The number of carbonyl (C=O) groups excluding carboxylic acids is 1. The lowest BCUT2D eigenvalue weighted by Gasteiger charge is -2.36. The molecule has 40 heavy (non-hydrogen) atoms. The summed E-state index contributed by atoms with van der Waals surface area (Å²) in [7, 11) is 3.88. The predicted octanol–water partition coefficient (Wildman–Crippen LogP) is 8.50. The molecule has 1 aromatic heterocycles. The molecule has 1 aliphatic carbocycles. The van der Waals surface area contributed by atoms with Gasteiger partial charge in [0.25, 0.3) is 0 Å². The van der Waals surface area contributed by atoms with Crippen LogP contribution in [0.1, 0.15) is 112 Å². The Kier molecular flexibility index (Phi) is 9.56.